The monoisotopic (exact) mass is 300 g/mol. The van der Waals surface area contributed by atoms with Gasteiger partial charge in [0.1, 0.15) is 5.82 Å². The number of pyridine rings is 1. The van der Waals surface area contributed by atoms with Gasteiger partial charge < -0.3 is 9.88 Å². The first-order valence-corrected chi connectivity index (χ1v) is 7.85. The molecule has 1 aromatic heterocycles. The predicted molar refractivity (Wildman–Crippen MR) is 85.8 cm³/mol. The van der Waals surface area contributed by atoms with Crippen LogP contribution in [-0.2, 0) is 6.54 Å². The highest BCUT2D eigenvalue weighted by Crippen LogP contribution is 2.18. The first kappa shape index (κ1) is 15.0. The Labute approximate surface area is 129 Å². The second kappa shape index (κ2) is 6.44. The van der Waals surface area contributed by atoms with Crippen LogP contribution >= 0.6 is 0 Å². The lowest BCUT2D eigenvalue weighted by molar-refractivity contribution is 0.522. The van der Waals surface area contributed by atoms with Crippen molar-refractivity contribution in [3.8, 4) is 5.69 Å². The molecule has 22 heavy (non-hydrogen) atoms. The number of rotatable bonds is 4. The van der Waals surface area contributed by atoms with Gasteiger partial charge in [-0.15, -0.1) is 0 Å². The van der Waals surface area contributed by atoms with E-state index in [9.17, 15) is 9.18 Å². The summed E-state index contributed by atoms with van der Waals surface area (Å²) in [4.78, 5) is 12.2. The van der Waals surface area contributed by atoms with Gasteiger partial charge in [-0.3, -0.25) is 4.79 Å². The first-order valence-electron chi connectivity index (χ1n) is 7.85. The lowest BCUT2D eigenvalue weighted by Gasteiger charge is -2.15. The third kappa shape index (κ3) is 3.28. The minimum atomic E-state index is -0.277. The van der Waals surface area contributed by atoms with Crippen molar-refractivity contribution in [1.82, 2.24) is 9.88 Å². The van der Waals surface area contributed by atoms with Crippen molar-refractivity contribution in [2.45, 2.75) is 45.2 Å². The molecule has 1 heterocycles. The maximum absolute atomic E-state index is 13.4. The summed E-state index contributed by atoms with van der Waals surface area (Å²) in [5, 5.41) is 3.46. The van der Waals surface area contributed by atoms with Gasteiger partial charge in [-0.1, -0.05) is 18.9 Å². The van der Waals surface area contributed by atoms with E-state index in [0.717, 1.165) is 16.9 Å². The van der Waals surface area contributed by atoms with Crippen LogP contribution in [0.2, 0.25) is 0 Å². The van der Waals surface area contributed by atoms with E-state index < -0.39 is 0 Å². The maximum Gasteiger partial charge on any atom is 0.186 e. The molecule has 0 saturated heterocycles. The zero-order valence-corrected chi connectivity index (χ0v) is 12.8. The van der Waals surface area contributed by atoms with Gasteiger partial charge in [-0.25, -0.2) is 4.39 Å². The molecule has 1 fully saturated rings. The van der Waals surface area contributed by atoms with Crippen molar-refractivity contribution in [2.75, 3.05) is 0 Å². The third-order valence-corrected chi connectivity index (χ3v) is 4.34. The standard InChI is InChI=1S/C18H21FN2O/c1-13-9-18(22)14(11-20-16-6-2-3-7-16)12-21(13)17-8-4-5-15(19)10-17/h4-5,8-10,12,16,20H,2-3,6-7,11H2,1H3. The summed E-state index contributed by atoms with van der Waals surface area (Å²) in [5.41, 5.74) is 2.30. The summed E-state index contributed by atoms with van der Waals surface area (Å²) in [6.07, 6.45) is 6.72. The highest BCUT2D eigenvalue weighted by Gasteiger charge is 2.15. The van der Waals surface area contributed by atoms with Gasteiger partial charge in [-0.2, -0.15) is 0 Å². The first-order chi connectivity index (χ1) is 10.6. The number of aromatic nitrogens is 1. The van der Waals surface area contributed by atoms with E-state index in [2.05, 4.69) is 5.32 Å². The molecule has 4 heteroatoms. The summed E-state index contributed by atoms with van der Waals surface area (Å²) < 4.78 is 15.3. The van der Waals surface area contributed by atoms with Crippen molar-refractivity contribution in [1.29, 1.82) is 0 Å². The van der Waals surface area contributed by atoms with Crippen LogP contribution in [0.5, 0.6) is 0 Å². The minimum absolute atomic E-state index is 0.0376. The van der Waals surface area contributed by atoms with Crippen LogP contribution in [0.25, 0.3) is 5.69 Å². The Kier molecular flexibility index (Phi) is 4.39. The highest BCUT2D eigenvalue weighted by atomic mass is 19.1. The van der Waals surface area contributed by atoms with Gasteiger partial charge in [-0.05, 0) is 38.0 Å². The molecule has 1 aromatic carbocycles. The molecule has 3 nitrogen and oxygen atoms in total. The normalized spacial score (nSPS) is 15.4. The number of aryl methyl sites for hydroxylation is 1. The second-order valence-corrected chi connectivity index (χ2v) is 6.02. The van der Waals surface area contributed by atoms with Crippen LogP contribution in [0.3, 0.4) is 0 Å². The summed E-state index contributed by atoms with van der Waals surface area (Å²) in [6, 6.07) is 8.56. The highest BCUT2D eigenvalue weighted by molar-refractivity contribution is 5.36. The Balaban J connectivity index is 1.87. The van der Waals surface area contributed by atoms with Crippen molar-refractivity contribution in [2.24, 2.45) is 0 Å². The maximum atomic E-state index is 13.4. The number of halogens is 1. The summed E-state index contributed by atoms with van der Waals surface area (Å²) in [7, 11) is 0. The van der Waals surface area contributed by atoms with Crippen molar-refractivity contribution in [3.05, 3.63) is 63.8 Å². The molecule has 1 saturated carbocycles. The van der Waals surface area contributed by atoms with Gasteiger partial charge in [0.05, 0.1) is 0 Å². The van der Waals surface area contributed by atoms with Gasteiger partial charge >= 0.3 is 0 Å². The molecule has 1 N–H and O–H groups in total. The zero-order chi connectivity index (χ0) is 15.5. The fourth-order valence-electron chi connectivity index (χ4n) is 3.09. The van der Waals surface area contributed by atoms with Crippen LogP contribution in [-0.4, -0.2) is 10.6 Å². The molecule has 0 amide bonds. The smallest absolute Gasteiger partial charge is 0.186 e. The largest absolute Gasteiger partial charge is 0.320 e. The van der Waals surface area contributed by atoms with Crippen LogP contribution in [0.1, 0.15) is 36.9 Å². The average molecular weight is 300 g/mol. The van der Waals surface area contributed by atoms with Gasteiger partial charge in [0.25, 0.3) is 0 Å². The Morgan fingerprint density at radius 3 is 2.77 bits per heavy atom. The Morgan fingerprint density at radius 2 is 2.05 bits per heavy atom. The molecule has 1 aliphatic rings. The van der Waals surface area contributed by atoms with E-state index in [-0.39, 0.29) is 11.2 Å². The molecule has 0 radical (unpaired) electrons. The summed E-state index contributed by atoms with van der Waals surface area (Å²) in [6.45, 7) is 2.43. The number of hydrogen-bond acceptors (Lipinski definition) is 2. The Hall–Kier alpha value is -1.94. The molecular weight excluding hydrogens is 279 g/mol. The fraction of sp³-hybridized carbons (Fsp3) is 0.389. The summed E-state index contributed by atoms with van der Waals surface area (Å²) >= 11 is 0. The molecule has 2 aromatic rings. The van der Waals surface area contributed by atoms with Gasteiger partial charge in [0.15, 0.2) is 5.43 Å². The minimum Gasteiger partial charge on any atom is -0.320 e. The molecule has 0 aliphatic heterocycles. The topological polar surface area (TPSA) is 34.0 Å². The van der Waals surface area contributed by atoms with E-state index in [1.807, 2.05) is 23.8 Å². The molecule has 0 spiro atoms. The average Bonchev–Trinajstić information content (AvgIpc) is 2.99. The molecule has 116 valence electrons. The lowest BCUT2D eigenvalue weighted by atomic mass is 10.2. The summed E-state index contributed by atoms with van der Waals surface area (Å²) in [5.74, 6) is -0.277. The molecule has 3 rings (SSSR count). The number of nitrogens with zero attached hydrogens (tertiary/aromatic N) is 1. The van der Waals surface area contributed by atoms with Crippen molar-refractivity contribution < 1.29 is 4.39 Å². The number of hydrogen-bond donors (Lipinski definition) is 1. The van der Waals surface area contributed by atoms with Gasteiger partial charge in [0.2, 0.25) is 0 Å². The molecular formula is C18H21FN2O. The van der Waals surface area contributed by atoms with Crippen LogP contribution in [0.15, 0.2) is 41.3 Å². The van der Waals surface area contributed by atoms with E-state index in [1.54, 1.807) is 12.1 Å². The quantitative estimate of drug-likeness (QED) is 0.940. The van der Waals surface area contributed by atoms with Crippen LogP contribution in [0, 0.1) is 12.7 Å². The Bertz CT molecular complexity index is 717. The van der Waals surface area contributed by atoms with Crippen molar-refractivity contribution in [3.63, 3.8) is 0 Å². The SMILES string of the molecule is Cc1cc(=O)c(CNC2CCCC2)cn1-c1cccc(F)c1. The number of benzene rings is 1. The van der Waals surface area contributed by atoms with Crippen LogP contribution in [0.4, 0.5) is 4.39 Å². The van der Waals surface area contributed by atoms with Crippen LogP contribution < -0.4 is 10.7 Å². The molecule has 1 aliphatic carbocycles. The third-order valence-electron chi connectivity index (χ3n) is 4.34. The molecule has 0 unspecified atom stereocenters. The van der Waals surface area contributed by atoms with E-state index in [1.165, 1.54) is 37.8 Å². The number of nitrogens with one attached hydrogen (secondary N) is 1. The predicted octanol–water partition coefficient (Wildman–Crippen LogP) is 3.32. The van der Waals surface area contributed by atoms with E-state index >= 15 is 0 Å². The van der Waals surface area contributed by atoms with E-state index in [0.29, 0.717) is 12.6 Å². The molecule has 0 bridgehead atoms. The zero-order valence-electron chi connectivity index (χ0n) is 12.8. The Morgan fingerprint density at radius 1 is 1.27 bits per heavy atom. The van der Waals surface area contributed by atoms with E-state index in [4.69, 9.17) is 0 Å². The second-order valence-electron chi connectivity index (χ2n) is 6.02. The molecule has 0 atom stereocenters. The lowest BCUT2D eigenvalue weighted by Crippen LogP contribution is -2.28. The fourth-order valence-corrected chi connectivity index (χ4v) is 3.09. The van der Waals surface area contributed by atoms with Crippen molar-refractivity contribution >= 4 is 0 Å². The van der Waals surface area contributed by atoms with Gasteiger partial charge in [0, 0.05) is 41.8 Å².